The Morgan fingerprint density at radius 3 is 2.33 bits per heavy atom. The monoisotopic (exact) mass is 487 g/mol. The molecule has 1 aromatic heterocycles. The highest BCUT2D eigenvalue weighted by Crippen LogP contribution is 2.38. The third kappa shape index (κ3) is 5.09. The molecule has 0 bridgehead atoms. The fourth-order valence-electron chi connectivity index (χ4n) is 4.50. The van der Waals surface area contributed by atoms with E-state index in [4.69, 9.17) is 21.1 Å². The zero-order valence-corrected chi connectivity index (χ0v) is 18.6. The second-order valence-electron chi connectivity index (χ2n) is 8.35. The number of nitrogens with zero attached hydrogens (tertiary/aromatic N) is 2. The lowest BCUT2D eigenvalue weighted by Gasteiger charge is -2.42. The number of aromatic nitrogens is 2. The molecule has 1 aliphatic carbocycles. The zero-order valence-electron chi connectivity index (χ0n) is 17.8. The molecule has 1 saturated heterocycles. The van der Waals surface area contributed by atoms with Crippen LogP contribution in [0.2, 0.25) is 5.02 Å². The smallest absolute Gasteiger partial charge is 0.388 e. The average Bonchev–Trinajstić information content (AvgIpc) is 3.33. The highest BCUT2D eigenvalue weighted by atomic mass is 35.5. The lowest BCUT2D eigenvalue weighted by Crippen LogP contribution is -2.58. The van der Waals surface area contributed by atoms with E-state index >= 15 is 0 Å². The third-order valence-corrected chi connectivity index (χ3v) is 6.51. The lowest BCUT2D eigenvalue weighted by molar-refractivity contribution is -0.250. The van der Waals surface area contributed by atoms with Gasteiger partial charge in [-0.25, -0.2) is 9.97 Å². The maximum absolute atomic E-state index is 13.1. The minimum Gasteiger partial charge on any atom is -0.388 e. The van der Waals surface area contributed by atoms with Crippen LogP contribution in [0.5, 0.6) is 0 Å². The summed E-state index contributed by atoms with van der Waals surface area (Å²) in [7, 11) is 1.33. The molecule has 7 nitrogen and oxygen atoms in total. The summed E-state index contributed by atoms with van der Waals surface area (Å²) in [5.41, 5.74) is 0.568. The van der Waals surface area contributed by atoms with Crippen molar-refractivity contribution in [2.24, 2.45) is 0 Å². The number of ether oxygens (including phenoxy) is 2. The Bertz CT molecular complexity index is 955. The Morgan fingerprint density at radius 2 is 1.73 bits per heavy atom. The highest BCUT2D eigenvalue weighted by molar-refractivity contribution is 6.31. The molecule has 2 aromatic rings. The van der Waals surface area contributed by atoms with Crippen LogP contribution in [0.4, 0.5) is 19.1 Å². The molecule has 0 amide bonds. The fourth-order valence-corrected chi connectivity index (χ4v) is 4.69. The number of aliphatic hydroxyl groups is 2. The standard InChI is InChI=1S/C22H25ClF3N3O4/c1-32-20-15(28-21-27-10-14(23)19(29-21)22(24,25)26)16(30)17(31)18(33-20)13-8-6-12(7-9-13)11-4-2-3-5-11/h6-11,15-18,20,30-31H,2-5H2,1H3,(H,27,28,29)/t15-,16-,17-,18-,20+/m1/s1. The van der Waals surface area contributed by atoms with Gasteiger partial charge in [0.25, 0.3) is 0 Å². The van der Waals surface area contributed by atoms with Crippen LogP contribution in [0.3, 0.4) is 0 Å². The van der Waals surface area contributed by atoms with E-state index in [-0.39, 0.29) is 0 Å². The van der Waals surface area contributed by atoms with Gasteiger partial charge in [-0.05, 0) is 29.9 Å². The Balaban J connectivity index is 1.52. The van der Waals surface area contributed by atoms with Crippen molar-refractivity contribution < 1.29 is 32.9 Å². The summed E-state index contributed by atoms with van der Waals surface area (Å²) >= 11 is 5.56. The van der Waals surface area contributed by atoms with Gasteiger partial charge in [0.15, 0.2) is 12.0 Å². The molecule has 2 aliphatic rings. The molecule has 0 radical (unpaired) electrons. The largest absolute Gasteiger partial charge is 0.435 e. The molecule has 1 saturated carbocycles. The van der Waals surface area contributed by atoms with Crippen molar-refractivity contribution in [2.75, 3.05) is 12.4 Å². The second kappa shape index (κ2) is 9.71. The molecule has 1 aliphatic heterocycles. The van der Waals surface area contributed by atoms with Crippen molar-refractivity contribution in [1.82, 2.24) is 9.97 Å². The fraction of sp³-hybridized carbons (Fsp3) is 0.545. The van der Waals surface area contributed by atoms with Crippen LogP contribution in [0, 0.1) is 0 Å². The number of rotatable bonds is 5. The van der Waals surface area contributed by atoms with Crippen LogP contribution in [-0.2, 0) is 15.7 Å². The van der Waals surface area contributed by atoms with Crippen LogP contribution >= 0.6 is 11.6 Å². The maximum atomic E-state index is 13.1. The molecule has 2 heterocycles. The average molecular weight is 488 g/mol. The van der Waals surface area contributed by atoms with Crippen LogP contribution in [0.15, 0.2) is 30.5 Å². The van der Waals surface area contributed by atoms with Gasteiger partial charge in [0, 0.05) is 7.11 Å². The second-order valence-corrected chi connectivity index (χ2v) is 8.76. The summed E-state index contributed by atoms with van der Waals surface area (Å²) in [5, 5.41) is 23.4. The van der Waals surface area contributed by atoms with E-state index in [9.17, 15) is 23.4 Å². The van der Waals surface area contributed by atoms with E-state index < -0.39 is 53.5 Å². The molecule has 1 aromatic carbocycles. The molecule has 2 fully saturated rings. The number of alkyl halides is 3. The van der Waals surface area contributed by atoms with Gasteiger partial charge in [0.1, 0.15) is 24.4 Å². The highest BCUT2D eigenvalue weighted by Gasteiger charge is 2.46. The number of hydrogen-bond donors (Lipinski definition) is 3. The van der Waals surface area contributed by atoms with Gasteiger partial charge in [0.2, 0.25) is 5.95 Å². The SMILES string of the molecule is CO[C@H]1O[C@H](c2ccc(C3CCCC3)cc2)[C@H](O)[C@H](O)[C@H]1Nc1ncc(Cl)c(C(F)(F)F)n1. The van der Waals surface area contributed by atoms with Gasteiger partial charge in [-0.2, -0.15) is 13.2 Å². The number of benzene rings is 1. The Kier molecular flexibility index (Phi) is 7.11. The van der Waals surface area contributed by atoms with E-state index in [2.05, 4.69) is 15.3 Å². The number of anilines is 1. The number of methoxy groups -OCH3 is 1. The van der Waals surface area contributed by atoms with Gasteiger partial charge in [-0.15, -0.1) is 0 Å². The van der Waals surface area contributed by atoms with E-state index in [0.29, 0.717) is 11.5 Å². The van der Waals surface area contributed by atoms with E-state index in [0.717, 1.165) is 19.0 Å². The molecule has 11 heteroatoms. The minimum atomic E-state index is -4.78. The Labute approximate surface area is 193 Å². The van der Waals surface area contributed by atoms with Crippen molar-refractivity contribution in [3.8, 4) is 0 Å². The molecule has 180 valence electrons. The first-order valence-corrected chi connectivity index (χ1v) is 11.1. The molecule has 5 atom stereocenters. The van der Waals surface area contributed by atoms with Gasteiger partial charge >= 0.3 is 6.18 Å². The van der Waals surface area contributed by atoms with Gasteiger partial charge in [-0.3, -0.25) is 0 Å². The maximum Gasteiger partial charge on any atom is 0.435 e. The number of halogens is 4. The normalized spacial score (nSPS) is 28.8. The van der Waals surface area contributed by atoms with Crippen molar-refractivity contribution in [1.29, 1.82) is 0 Å². The summed E-state index contributed by atoms with van der Waals surface area (Å²) in [6.45, 7) is 0. The summed E-state index contributed by atoms with van der Waals surface area (Å²) in [6.07, 6.45) is -4.04. The van der Waals surface area contributed by atoms with Crippen LogP contribution in [0.25, 0.3) is 0 Å². The third-order valence-electron chi connectivity index (χ3n) is 6.23. The van der Waals surface area contributed by atoms with Gasteiger partial charge in [0.05, 0.1) is 11.2 Å². The molecule has 3 N–H and O–H groups in total. The predicted octanol–water partition coefficient (Wildman–Crippen LogP) is 4.05. The summed E-state index contributed by atoms with van der Waals surface area (Å²) in [4.78, 5) is 7.15. The quantitative estimate of drug-likeness (QED) is 0.585. The van der Waals surface area contributed by atoms with Crippen molar-refractivity contribution in [2.45, 2.75) is 68.4 Å². The Hall–Kier alpha value is -1.98. The molecule has 0 spiro atoms. The van der Waals surface area contributed by atoms with E-state index in [1.165, 1.54) is 25.5 Å². The zero-order chi connectivity index (χ0) is 23.8. The van der Waals surface area contributed by atoms with Crippen molar-refractivity contribution in [3.63, 3.8) is 0 Å². The van der Waals surface area contributed by atoms with Crippen molar-refractivity contribution >= 4 is 17.5 Å². The first-order chi connectivity index (χ1) is 15.7. The first kappa shape index (κ1) is 24.2. The first-order valence-electron chi connectivity index (χ1n) is 10.7. The number of hydrogen-bond acceptors (Lipinski definition) is 7. The van der Waals surface area contributed by atoms with E-state index in [1.54, 1.807) is 0 Å². The summed E-state index contributed by atoms with van der Waals surface area (Å²) < 4.78 is 50.5. The van der Waals surface area contributed by atoms with Crippen LogP contribution < -0.4 is 5.32 Å². The van der Waals surface area contributed by atoms with Crippen molar-refractivity contribution in [3.05, 3.63) is 52.3 Å². The predicted molar refractivity (Wildman–Crippen MR) is 114 cm³/mol. The minimum absolute atomic E-state index is 0.437. The number of aliphatic hydroxyl groups excluding tert-OH is 2. The Morgan fingerprint density at radius 1 is 1.09 bits per heavy atom. The summed E-state index contributed by atoms with van der Waals surface area (Å²) in [6, 6.07) is 6.57. The molecular formula is C22H25ClF3N3O4. The lowest BCUT2D eigenvalue weighted by atomic mass is 9.90. The molecule has 4 rings (SSSR count). The number of nitrogens with one attached hydrogen (secondary N) is 1. The molecule has 33 heavy (non-hydrogen) atoms. The van der Waals surface area contributed by atoms with Gasteiger partial charge < -0.3 is 25.0 Å². The topological polar surface area (TPSA) is 96.7 Å². The van der Waals surface area contributed by atoms with Crippen LogP contribution in [-0.4, -0.2) is 51.8 Å². The summed E-state index contributed by atoms with van der Waals surface area (Å²) in [5.74, 6) is 0.0936. The van der Waals surface area contributed by atoms with Crippen LogP contribution in [0.1, 0.15) is 54.5 Å². The molecule has 0 unspecified atom stereocenters. The van der Waals surface area contributed by atoms with Gasteiger partial charge in [-0.1, -0.05) is 48.7 Å². The van der Waals surface area contributed by atoms with E-state index in [1.807, 2.05) is 24.3 Å². The molecular weight excluding hydrogens is 463 g/mol.